The molecule has 1 heterocycles. The van der Waals surface area contributed by atoms with Gasteiger partial charge in [0, 0.05) is 11.3 Å². The smallest absolute Gasteiger partial charge is 0.273 e. The highest BCUT2D eigenvalue weighted by Gasteiger charge is 2.19. The molecule has 6 heteroatoms. The van der Waals surface area contributed by atoms with Crippen LogP contribution < -0.4 is 5.56 Å². The Labute approximate surface area is 183 Å². The molecule has 0 saturated carbocycles. The van der Waals surface area contributed by atoms with Gasteiger partial charge < -0.3 is 0 Å². The lowest BCUT2D eigenvalue weighted by molar-refractivity contribution is 0.627. The van der Waals surface area contributed by atoms with Gasteiger partial charge in [-0.3, -0.25) is 9.36 Å². The van der Waals surface area contributed by atoms with Gasteiger partial charge in [-0.2, -0.15) is 5.26 Å². The normalized spacial score (nSPS) is 10.6. The minimum Gasteiger partial charge on any atom is -0.282 e. The van der Waals surface area contributed by atoms with E-state index in [0.717, 1.165) is 11.1 Å². The molecule has 0 aliphatic carbocycles. The number of hydrogen-bond donors (Lipinski definition) is 0. The molecule has 0 unspecified atom stereocenters. The van der Waals surface area contributed by atoms with Crippen LogP contribution in [-0.2, 0) is 12.3 Å². The highest BCUT2D eigenvalue weighted by molar-refractivity contribution is 7.98. The van der Waals surface area contributed by atoms with Crippen LogP contribution in [0.25, 0.3) is 11.3 Å². The molecule has 0 bridgehead atoms. The summed E-state index contributed by atoms with van der Waals surface area (Å²) in [5.41, 5.74) is 2.38. The molecule has 0 N–H and O–H groups in total. The summed E-state index contributed by atoms with van der Waals surface area (Å²) in [6.45, 7) is 0.308. The van der Waals surface area contributed by atoms with Crippen LogP contribution in [0.4, 0.5) is 4.39 Å². The fourth-order valence-electron chi connectivity index (χ4n) is 3.19. The Morgan fingerprint density at radius 3 is 2.13 bits per heavy atom. The molecule has 3 aromatic carbocycles. The topological polar surface area (TPSA) is 58.7 Å². The van der Waals surface area contributed by atoms with Crippen molar-refractivity contribution in [1.29, 1.82) is 5.26 Å². The first kappa shape index (κ1) is 20.6. The second-order valence-electron chi connectivity index (χ2n) is 6.89. The zero-order chi connectivity index (χ0) is 21.6. The minimum atomic E-state index is -0.406. The number of aromatic nitrogens is 2. The zero-order valence-corrected chi connectivity index (χ0v) is 17.3. The summed E-state index contributed by atoms with van der Waals surface area (Å²) < 4.78 is 14.9. The van der Waals surface area contributed by atoms with E-state index in [1.165, 1.54) is 40.6 Å². The third-order valence-electron chi connectivity index (χ3n) is 4.76. The number of benzene rings is 3. The van der Waals surface area contributed by atoms with Crippen molar-refractivity contribution in [2.45, 2.75) is 17.5 Å². The van der Waals surface area contributed by atoms with E-state index in [4.69, 9.17) is 4.98 Å². The van der Waals surface area contributed by atoms with Crippen molar-refractivity contribution >= 4 is 11.8 Å². The number of thioether (sulfide) groups is 1. The summed E-state index contributed by atoms with van der Waals surface area (Å²) in [6, 6.07) is 27.1. The van der Waals surface area contributed by atoms with Gasteiger partial charge in [-0.05, 0) is 35.4 Å². The van der Waals surface area contributed by atoms with E-state index in [9.17, 15) is 14.4 Å². The van der Waals surface area contributed by atoms with Crippen LogP contribution >= 0.6 is 11.8 Å². The minimum absolute atomic E-state index is 0.0494. The lowest BCUT2D eigenvalue weighted by Gasteiger charge is -2.15. The van der Waals surface area contributed by atoms with Crippen LogP contribution in [0, 0.1) is 17.1 Å². The van der Waals surface area contributed by atoms with Gasteiger partial charge in [-0.1, -0.05) is 72.4 Å². The molecule has 31 heavy (non-hydrogen) atoms. The van der Waals surface area contributed by atoms with Crippen molar-refractivity contribution in [3.63, 3.8) is 0 Å². The molecular weight excluding hydrogens is 409 g/mol. The maximum Gasteiger partial charge on any atom is 0.273 e. The maximum absolute atomic E-state index is 13.4. The van der Waals surface area contributed by atoms with Gasteiger partial charge in [0.1, 0.15) is 17.4 Å². The van der Waals surface area contributed by atoms with Gasteiger partial charge >= 0.3 is 0 Å². The SMILES string of the molecule is N#Cc1c(-c2ccc(F)cc2)nc(SCc2ccccc2)n(Cc2ccccc2)c1=O. The van der Waals surface area contributed by atoms with E-state index >= 15 is 0 Å². The molecule has 0 saturated heterocycles. The number of nitrogens with zero attached hydrogens (tertiary/aromatic N) is 3. The van der Waals surface area contributed by atoms with Gasteiger partial charge in [0.25, 0.3) is 5.56 Å². The van der Waals surface area contributed by atoms with Gasteiger partial charge in [0.2, 0.25) is 0 Å². The Kier molecular flexibility index (Phi) is 6.25. The maximum atomic E-state index is 13.4. The molecule has 0 radical (unpaired) electrons. The van der Waals surface area contributed by atoms with Gasteiger partial charge in [-0.15, -0.1) is 0 Å². The number of hydrogen-bond acceptors (Lipinski definition) is 4. The summed E-state index contributed by atoms with van der Waals surface area (Å²) in [7, 11) is 0. The molecule has 152 valence electrons. The summed E-state index contributed by atoms with van der Waals surface area (Å²) in [4.78, 5) is 18.0. The summed E-state index contributed by atoms with van der Waals surface area (Å²) in [5.74, 6) is 0.231. The second kappa shape index (κ2) is 9.41. The molecule has 0 atom stereocenters. The molecular formula is C25H18FN3OS. The van der Waals surface area contributed by atoms with Crippen LogP contribution in [0.5, 0.6) is 0 Å². The first-order valence-electron chi connectivity index (χ1n) is 9.67. The number of rotatable bonds is 6. The van der Waals surface area contributed by atoms with Crippen LogP contribution in [0.2, 0.25) is 0 Å². The largest absolute Gasteiger partial charge is 0.282 e. The van der Waals surface area contributed by atoms with Crippen LogP contribution in [0.15, 0.2) is 94.9 Å². The first-order chi connectivity index (χ1) is 15.2. The molecule has 4 nitrogen and oxygen atoms in total. The highest BCUT2D eigenvalue weighted by atomic mass is 32.2. The van der Waals surface area contributed by atoms with Crippen LogP contribution in [0.3, 0.4) is 0 Å². The monoisotopic (exact) mass is 427 g/mol. The summed E-state index contributed by atoms with van der Waals surface area (Å²) >= 11 is 1.43. The molecule has 0 fully saturated rings. The Morgan fingerprint density at radius 2 is 1.52 bits per heavy atom. The Morgan fingerprint density at radius 1 is 0.903 bits per heavy atom. The molecule has 0 aliphatic rings. The van der Waals surface area contributed by atoms with E-state index in [1.807, 2.05) is 66.7 Å². The summed E-state index contributed by atoms with van der Waals surface area (Å²) in [6.07, 6.45) is 0. The van der Waals surface area contributed by atoms with Crippen molar-refractivity contribution < 1.29 is 4.39 Å². The average Bonchev–Trinajstić information content (AvgIpc) is 2.81. The molecule has 0 spiro atoms. The fraction of sp³-hybridized carbons (Fsp3) is 0.0800. The van der Waals surface area contributed by atoms with Crippen molar-refractivity contribution in [3.05, 3.63) is 118 Å². The fourth-order valence-corrected chi connectivity index (χ4v) is 4.14. The van der Waals surface area contributed by atoms with Crippen molar-refractivity contribution in [3.8, 4) is 17.3 Å². The molecule has 4 rings (SSSR count). The van der Waals surface area contributed by atoms with E-state index in [-0.39, 0.29) is 11.3 Å². The van der Waals surface area contributed by atoms with E-state index in [0.29, 0.717) is 23.0 Å². The predicted octanol–water partition coefficient (Wildman–Crippen LogP) is 5.26. The molecule has 4 aromatic rings. The molecule has 0 amide bonds. The van der Waals surface area contributed by atoms with Crippen molar-refractivity contribution in [2.75, 3.05) is 0 Å². The Bertz CT molecular complexity index is 1280. The standard InChI is InChI=1S/C25H18FN3OS/c26-21-13-11-20(12-14-21)23-22(15-27)24(30)29(16-18-7-3-1-4-8-18)25(28-23)31-17-19-9-5-2-6-10-19/h1-14H,16-17H2. The number of nitriles is 1. The third-order valence-corrected chi connectivity index (χ3v) is 5.81. The van der Waals surface area contributed by atoms with Crippen LogP contribution in [-0.4, -0.2) is 9.55 Å². The molecule has 0 aliphatic heterocycles. The van der Waals surface area contributed by atoms with Gasteiger partial charge in [0.15, 0.2) is 5.16 Å². The van der Waals surface area contributed by atoms with Crippen molar-refractivity contribution in [1.82, 2.24) is 9.55 Å². The Balaban J connectivity index is 1.82. The van der Waals surface area contributed by atoms with E-state index in [1.54, 1.807) is 0 Å². The Hall–Kier alpha value is -3.69. The summed E-state index contributed by atoms with van der Waals surface area (Å²) in [5, 5.41) is 10.2. The molecule has 1 aromatic heterocycles. The van der Waals surface area contributed by atoms with Gasteiger partial charge in [0.05, 0.1) is 12.2 Å². The zero-order valence-electron chi connectivity index (χ0n) is 16.5. The second-order valence-corrected chi connectivity index (χ2v) is 7.83. The van der Waals surface area contributed by atoms with E-state index < -0.39 is 11.4 Å². The highest BCUT2D eigenvalue weighted by Crippen LogP contribution is 2.26. The average molecular weight is 428 g/mol. The van der Waals surface area contributed by atoms with Crippen LogP contribution in [0.1, 0.15) is 16.7 Å². The lowest BCUT2D eigenvalue weighted by Crippen LogP contribution is -2.27. The lowest BCUT2D eigenvalue weighted by atomic mass is 10.1. The third kappa shape index (κ3) is 4.73. The predicted molar refractivity (Wildman–Crippen MR) is 120 cm³/mol. The van der Waals surface area contributed by atoms with E-state index in [2.05, 4.69) is 0 Å². The van der Waals surface area contributed by atoms with Crippen molar-refractivity contribution in [2.24, 2.45) is 0 Å². The van der Waals surface area contributed by atoms with Gasteiger partial charge in [-0.25, -0.2) is 9.37 Å². The first-order valence-corrected chi connectivity index (χ1v) is 10.7. The number of halogens is 1. The quantitative estimate of drug-likeness (QED) is 0.311.